The second kappa shape index (κ2) is 7.01. The van der Waals surface area contributed by atoms with E-state index >= 15 is 0 Å². The number of rotatable bonds is 5. The second-order valence-electron chi connectivity index (χ2n) is 6.75. The molecular weight excluding hydrogens is 389 g/mol. The summed E-state index contributed by atoms with van der Waals surface area (Å²) in [6, 6.07) is 5.71. The van der Waals surface area contributed by atoms with Crippen molar-refractivity contribution in [3.05, 3.63) is 35.1 Å². The highest BCUT2D eigenvalue weighted by Gasteiger charge is 2.54. The van der Waals surface area contributed by atoms with Gasteiger partial charge >= 0.3 is 5.97 Å². The molecule has 1 aromatic carbocycles. The number of halogens is 2. The molecular formula is C19H17ClFN3O4. The lowest BCUT2D eigenvalue weighted by Gasteiger charge is -2.19. The van der Waals surface area contributed by atoms with Crippen LogP contribution >= 0.6 is 11.6 Å². The molecule has 0 bridgehead atoms. The Morgan fingerprint density at radius 1 is 1.29 bits per heavy atom. The monoisotopic (exact) mass is 405 g/mol. The first kappa shape index (κ1) is 18.6. The van der Waals surface area contributed by atoms with Crippen LogP contribution in [0.5, 0.6) is 5.88 Å². The first-order chi connectivity index (χ1) is 13.4. The van der Waals surface area contributed by atoms with Crippen LogP contribution in [0.1, 0.15) is 25.7 Å². The Kier molecular flexibility index (Phi) is 4.66. The maximum absolute atomic E-state index is 13.9. The third kappa shape index (κ3) is 3.40. The van der Waals surface area contributed by atoms with Gasteiger partial charge in [0.1, 0.15) is 11.6 Å². The number of nitrogens with zero attached hydrogens (tertiary/aromatic N) is 3. The van der Waals surface area contributed by atoms with Crippen LogP contribution in [-0.4, -0.2) is 41.1 Å². The standard InChI is InChI=1S/C19H17ClFN3O4/c1-27-18(26)19(6-7-19)28-15-10-14(24-8-2-3-16(24)25)22-17(23-15)11-4-5-12(20)13(21)9-11/h4-5,9-10H,2-3,6-8H2,1H3. The van der Waals surface area contributed by atoms with E-state index in [1.54, 1.807) is 6.07 Å². The second-order valence-corrected chi connectivity index (χ2v) is 7.16. The van der Waals surface area contributed by atoms with Crippen molar-refractivity contribution in [2.24, 2.45) is 0 Å². The summed E-state index contributed by atoms with van der Waals surface area (Å²) in [4.78, 5) is 34.4. The van der Waals surface area contributed by atoms with Crippen LogP contribution in [0.15, 0.2) is 24.3 Å². The van der Waals surface area contributed by atoms with E-state index in [1.807, 2.05) is 0 Å². The van der Waals surface area contributed by atoms with Gasteiger partial charge in [-0.05, 0) is 24.6 Å². The van der Waals surface area contributed by atoms with E-state index in [0.717, 1.165) is 6.42 Å². The highest BCUT2D eigenvalue weighted by molar-refractivity contribution is 6.30. The van der Waals surface area contributed by atoms with Crippen molar-refractivity contribution in [1.29, 1.82) is 0 Å². The van der Waals surface area contributed by atoms with E-state index in [-0.39, 0.29) is 22.6 Å². The fraction of sp³-hybridized carbons (Fsp3) is 0.368. The number of ether oxygens (including phenoxy) is 2. The molecule has 4 rings (SSSR count). The molecule has 1 aliphatic heterocycles. The first-order valence-electron chi connectivity index (χ1n) is 8.84. The van der Waals surface area contributed by atoms with E-state index in [2.05, 4.69) is 9.97 Å². The molecule has 0 atom stereocenters. The minimum atomic E-state index is -1.07. The van der Waals surface area contributed by atoms with Gasteiger partial charge in [0.2, 0.25) is 17.4 Å². The van der Waals surface area contributed by atoms with E-state index in [9.17, 15) is 14.0 Å². The lowest BCUT2D eigenvalue weighted by Crippen LogP contribution is -2.31. The van der Waals surface area contributed by atoms with Crippen LogP contribution in [0.25, 0.3) is 11.4 Å². The maximum Gasteiger partial charge on any atom is 0.350 e. The summed E-state index contributed by atoms with van der Waals surface area (Å²) in [5.74, 6) is -0.517. The minimum absolute atomic E-state index is 0.0197. The number of carbonyl (C=O) groups is 2. The molecule has 1 amide bonds. The quantitative estimate of drug-likeness (QED) is 0.711. The molecule has 1 aliphatic carbocycles. The number of methoxy groups -OCH3 is 1. The molecule has 2 heterocycles. The van der Waals surface area contributed by atoms with Crippen molar-refractivity contribution in [3.8, 4) is 17.3 Å². The maximum atomic E-state index is 13.9. The Balaban J connectivity index is 1.76. The SMILES string of the molecule is COC(=O)C1(Oc2cc(N3CCCC3=O)nc(-c3ccc(Cl)c(F)c3)n2)CC1. The fourth-order valence-corrected chi connectivity index (χ4v) is 3.22. The van der Waals surface area contributed by atoms with Crippen LogP contribution in [0.3, 0.4) is 0 Å². The Labute approximate surface area is 165 Å². The highest BCUT2D eigenvalue weighted by atomic mass is 35.5. The van der Waals surface area contributed by atoms with Crippen molar-refractivity contribution < 1.29 is 23.5 Å². The summed E-state index contributed by atoms with van der Waals surface area (Å²) < 4.78 is 24.6. The molecule has 1 saturated carbocycles. The highest BCUT2D eigenvalue weighted by Crippen LogP contribution is 2.42. The topological polar surface area (TPSA) is 81.6 Å². The number of esters is 1. The lowest BCUT2D eigenvalue weighted by atomic mass is 10.2. The van der Waals surface area contributed by atoms with Gasteiger partial charge in [-0.25, -0.2) is 14.2 Å². The van der Waals surface area contributed by atoms with Crippen molar-refractivity contribution in [3.63, 3.8) is 0 Å². The Hall–Kier alpha value is -2.74. The molecule has 0 N–H and O–H groups in total. The largest absolute Gasteiger partial charge is 0.466 e. The summed E-state index contributed by atoms with van der Waals surface area (Å²) in [5.41, 5.74) is -0.694. The molecule has 2 aromatic rings. The number of hydrogen-bond donors (Lipinski definition) is 0. The predicted octanol–water partition coefficient (Wildman–Crippen LogP) is 3.15. The van der Waals surface area contributed by atoms with Crippen LogP contribution in [0.4, 0.5) is 10.2 Å². The normalized spacial score (nSPS) is 17.5. The molecule has 9 heteroatoms. The van der Waals surface area contributed by atoms with Crippen molar-refractivity contribution in [2.75, 3.05) is 18.6 Å². The summed E-state index contributed by atoms with van der Waals surface area (Å²) in [6.07, 6.45) is 2.16. The number of carbonyl (C=O) groups excluding carboxylic acids is 2. The Bertz CT molecular complexity index is 964. The van der Waals surface area contributed by atoms with Gasteiger partial charge < -0.3 is 9.47 Å². The summed E-state index contributed by atoms with van der Waals surface area (Å²) in [7, 11) is 1.29. The number of aromatic nitrogens is 2. The Morgan fingerprint density at radius 2 is 2.07 bits per heavy atom. The van der Waals surface area contributed by atoms with Crippen LogP contribution in [0.2, 0.25) is 5.02 Å². The fourth-order valence-electron chi connectivity index (χ4n) is 3.11. The Morgan fingerprint density at radius 3 is 2.68 bits per heavy atom. The van der Waals surface area contributed by atoms with E-state index in [1.165, 1.54) is 30.2 Å². The number of amides is 1. The molecule has 1 saturated heterocycles. The van der Waals surface area contributed by atoms with Gasteiger partial charge in [-0.3, -0.25) is 9.69 Å². The smallest absolute Gasteiger partial charge is 0.350 e. The van der Waals surface area contributed by atoms with Gasteiger partial charge in [0.25, 0.3) is 0 Å². The molecule has 2 aliphatic rings. The van der Waals surface area contributed by atoms with Crippen molar-refractivity contribution in [2.45, 2.75) is 31.3 Å². The van der Waals surface area contributed by atoms with Crippen LogP contribution < -0.4 is 9.64 Å². The van der Waals surface area contributed by atoms with Gasteiger partial charge in [0.05, 0.1) is 12.1 Å². The number of benzene rings is 1. The van der Waals surface area contributed by atoms with Gasteiger partial charge in [-0.15, -0.1) is 0 Å². The zero-order valence-electron chi connectivity index (χ0n) is 15.1. The third-order valence-corrected chi connectivity index (χ3v) is 5.08. The van der Waals surface area contributed by atoms with E-state index < -0.39 is 17.4 Å². The van der Waals surface area contributed by atoms with E-state index in [0.29, 0.717) is 37.2 Å². The lowest BCUT2D eigenvalue weighted by molar-refractivity contribution is -0.151. The predicted molar refractivity (Wildman–Crippen MR) is 98.6 cm³/mol. The zero-order chi connectivity index (χ0) is 19.9. The van der Waals surface area contributed by atoms with Crippen molar-refractivity contribution >= 4 is 29.3 Å². The molecule has 7 nitrogen and oxygen atoms in total. The number of anilines is 1. The number of hydrogen-bond acceptors (Lipinski definition) is 6. The molecule has 1 aromatic heterocycles. The molecule has 0 spiro atoms. The van der Waals surface area contributed by atoms with Gasteiger partial charge in [-0.1, -0.05) is 11.6 Å². The average molecular weight is 406 g/mol. The van der Waals surface area contributed by atoms with Gasteiger partial charge in [0.15, 0.2) is 5.82 Å². The zero-order valence-corrected chi connectivity index (χ0v) is 15.8. The molecule has 28 heavy (non-hydrogen) atoms. The van der Waals surface area contributed by atoms with Crippen LogP contribution in [0, 0.1) is 5.82 Å². The average Bonchev–Trinajstić information content (AvgIpc) is 3.34. The molecule has 2 fully saturated rings. The minimum Gasteiger partial charge on any atom is -0.466 e. The summed E-state index contributed by atoms with van der Waals surface area (Å²) >= 11 is 5.75. The summed E-state index contributed by atoms with van der Waals surface area (Å²) in [5, 5.41) is -0.0197. The first-order valence-corrected chi connectivity index (χ1v) is 9.22. The molecule has 0 radical (unpaired) electrons. The summed E-state index contributed by atoms with van der Waals surface area (Å²) in [6.45, 7) is 0.520. The molecule has 146 valence electrons. The van der Waals surface area contributed by atoms with Gasteiger partial charge in [0, 0.05) is 37.4 Å². The van der Waals surface area contributed by atoms with E-state index in [4.69, 9.17) is 21.1 Å². The van der Waals surface area contributed by atoms with Crippen molar-refractivity contribution in [1.82, 2.24) is 9.97 Å². The molecule has 0 unspecified atom stereocenters. The van der Waals surface area contributed by atoms with Gasteiger partial charge in [-0.2, -0.15) is 4.98 Å². The van der Waals surface area contributed by atoms with Crippen LogP contribution in [-0.2, 0) is 14.3 Å². The third-order valence-electron chi connectivity index (χ3n) is 4.78.